The Morgan fingerprint density at radius 2 is 2.04 bits per heavy atom. The molecule has 2 aromatic rings. The van der Waals surface area contributed by atoms with Crippen LogP contribution >= 0.6 is 0 Å². The molecule has 0 spiro atoms. The molecule has 4 rings (SSSR count). The number of carbonyl (C=O) groups excluding carboxylic acids is 2. The normalized spacial score (nSPS) is 23.1. The van der Waals surface area contributed by atoms with Crippen LogP contribution in [-0.4, -0.2) is 58.9 Å². The van der Waals surface area contributed by atoms with Crippen LogP contribution in [0.5, 0.6) is 0 Å². The number of rotatable bonds is 3. The first-order chi connectivity index (χ1) is 13.1. The smallest absolute Gasteiger partial charge is 0.289 e. The summed E-state index contributed by atoms with van der Waals surface area (Å²) in [5, 5.41) is 0. The highest BCUT2D eigenvalue weighted by molar-refractivity contribution is 5.92. The van der Waals surface area contributed by atoms with Crippen molar-refractivity contribution in [2.45, 2.75) is 26.0 Å². The number of hydrogen-bond donors (Lipinski definition) is 0. The molecule has 0 aliphatic carbocycles. The van der Waals surface area contributed by atoms with Crippen LogP contribution in [0.1, 0.15) is 28.3 Å². The predicted molar refractivity (Wildman–Crippen MR) is 96.8 cm³/mol. The summed E-state index contributed by atoms with van der Waals surface area (Å²) in [6.45, 7) is 4.34. The second kappa shape index (κ2) is 7.52. The van der Waals surface area contributed by atoms with Crippen LogP contribution in [0.2, 0.25) is 0 Å². The van der Waals surface area contributed by atoms with E-state index < -0.39 is 0 Å². The predicted octanol–water partition coefficient (Wildman–Crippen LogP) is 1.87. The monoisotopic (exact) mass is 369 g/mol. The van der Waals surface area contributed by atoms with Gasteiger partial charge in [0.05, 0.1) is 18.6 Å². The van der Waals surface area contributed by atoms with Crippen LogP contribution in [0.4, 0.5) is 0 Å². The highest BCUT2D eigenvalue weighted by Crippen LogP contribution is 2.27. The number of fused-ring (bicyclic) bond motifs is 1. The van der Waals surface area contributed by atoms with Crippen LogP contribution in [0.3, 0.4) is 0 Å². The average Bonchev–Trinajstić information content (AvgIpc) is 3.06. The van der Waals surface area contributed by atoms with Gasteiger partial charge >= 0.3 is 0 Å². The molecule has 0 bridgehead atoms. The summed E-state index contributed by atoms with van der Waals surface area (Å²) in [4.78, 5) is 33.3. The van der Waals surface area contributed by atoms with Crippen molar-refractivity contribution in [1.29, 1.82) is 0 Å². The average molecular weight is 369 g/mol. The van der Waals surface area contributed by atoms with Crippen LogP contribution in [-0.2, 0) is 16.1 Å². The van der Waals surface area contributed by atoms with Gasteiger partial charge in [-0.1, -0.05) is 0 Å². The summed E-state index contributed by atoms with van der Waals surface area (Å²) in [5.41, 5.74) is 1.05. The number of nitrogens with zero attached hydrogens (tertiary/aromatic N) is 3. The highest BCUT2D eigenvalue weighted by atomic mass is 16.5. The Balaban J connectivity index is 1.44. The molecule has 2 aromatic heterocycles. The van der Waals surface area contributed by atoms with Crippen molar-refractivity contribution in [2.24, 2.45) is 5.92 Å². The van der Waals surface area contributed by atoms with E-state index in [1.54, 1.807) is 29.4 Å². The zero-order chi connectivity index (χ0) is 18.8. The minimum atomic E-state index is -0.270. The van der Waals surface area contributed by atoms with Gasteiger partial charge in [-0.3, -0.25) is 14.6 Å². The van der Waals surface area contributed by atoms with Crippen molar-refractivity contribution in [2.75, 3.05) is 26.2 Å². The lowest BCUT2D eigenvalue weighted by atomic mass is 9.92. The fourth-order valence-corrected chi connectivity index (χ4v) is 3.78. The third-order valence-corrected chi connectivity index (χ3v) is 5.24. The van der Waals surface area contributed by atoms with Crippen LogP contribution in [0.15, 0.2) is 41.1 Å². The molecule has 0 saturated carbocycles. The van der Waals surface area contributed by atoms with E-state index in [0.29, 0.717) is 50.7 Å². The summed E-state index contributed by atoms with van der Waals surface area (Å²) in [7, 11) is 0. The second-order valence-corrected chi connectivity index (χ2v) is 7.08. The number of likely N-dealkylation sites (tertiary alicyclic amines) is 1. The zero-order valence-electron chi connectivity index (χ0n) is 15.3. The Labute approximate surface area is 157 Å². The number of piperidine rings is 1. The fourth-order valence-electron chi connectivity index (χ4n) is 3.78. The minimum absolute atomic E-state index is 0.107. The van der Waals surface area contributed by atoms with Crippen molar-refractivity contribution in [1.82, 2.24) is 14.8 Å². The number of carbonyl (C=O) groups is 2. The van der Waals surface area contributed by atoms with Gasteiger partial charge in [-0.2, -0.15) is 0 Å². The second-order valence-electron chi connectivity index (χ2n) is 7.08. The first kappa shape index (κ1) is 17.7. The molecule has 2 amide bonds. The molecule has 0 aromatic carbocycles. The summed E-state index contributed by atoms with van der Waals surface area (Å²) < 4.78 is 11.4. The van der Waals surface area contributed by atoms with E-state index in [4.69, 9.17) is 9.15 Å². The van der Waals surface area contributed by atoms with Crippen LogP contribution in [0, 0.1) is 12.8 Å². The van der Waals surface area contributed by atoms with Crippen molar-refractivity contribution in [3.8, 4) is 0 Å². The third kappa shape index (κ3) is 3.73. The van der Waals surface area contributed by atoms with Gasteiger partial charge < -0.3 is 19.0 Å². The molecule has 2 aliphatic heterocycles. The van der Waals surface area contributed by atoms with Crippen molar-refractivity contribution >= 4 is 11.8 Å². The molecule has 2 fully saturated rings. The van der Waals surface area contributed by atoms with E-state index >= 15 is 0 Å². The molecular weight excluding hydrogens is 346 g/mol. The molecule has 142 valence electrons. The van der Waals surface area contributed by atoms with Gasteiger partial charge in [0.25, 0.3) is 5.91 Å². The van der Waals surface area contributed by atoms with E-state index in [2.05, 4.69) is 4.98 Å². The topological polar surface area (TPSA) is 75.9 Å². The number of ether oxygens (including phenoxy) is 1. The van der Waals surface area contributed by atoms with Crippen molar-refractivity contribution < 1.29 is 18.7 Å². The number of aromatic nitrogens is 1. The molecule has 2 saturated heterocycles. The molecule has 2 aliphatic rings. The molecule has 2 atom stereocenters. The Hall–Kier alpha value is -2.67. The van der Waals surface area contributed by atoms with E-state index in [1.807, 2.05) is 24.0 Å². The third-order valence-electron chi connectivity index (χ3n) is 5.24. The van der Waals surface area contributed by atoms with E-state index in [1.165, 1.54) is 0 Å². The maximum absolute atomic E-state index is 13.0. The summed E-state index contributed by atoms with van der Waals surface area (Å²) in [6.07, 6.45) is 3.80. The number of aryl methyl sites for hydroxylation is 1. The lowest BCUT2D eigenvalue weighted by Crippen LogP contribution is -2.50. The number of pyridine rings is 1. The molecule has 7 heteroatoms. The minimum Gasteiger partial charge on any atom is -0.456 e. The quantitative estimate of drug-likeness (QED) is 0.826. The van der Waals surface area contributed by atoms with E-state index in [9.17, 15) is 9.59 Å². The first-order valence-corrected chi connectivity index (χ1v) is 9.27. The van der Waals surface area contributed by atoms with Crippen LogP contribution < -0.4 is 0 Å². The van der Waals surface area contributed by atoms with Gasteiger partial charge in [-0.15, -0.1) is 0 Å². The van der Waals surface area contributed by atoms with Gasteiger partial charge in [0.15, 0.2) is 5.76 Å². The number of furan rings is 1. The Morgan fingerprint density at radius 1 is 1.22 bits per heavy atom. The number of hydrogen-bond acceptors (Lipinski definition) is 5. The van der Waals surface area contributed by atoms with Gasteiger partial charge in [-0.25, -0.2) is 0 Å². The largest absolute Gasteiger partial charge is 0.456 e. The Kier molecular flexibility index (Phi) is 4.94. The molecule has 0 N–H and O–H groups in total. The molecule has 0 radical (unpaired) electrons. The van der Waals surface area contributed by atoms with Gasteiger partial charge in [0.2, 0.25) is 5.91 Å². The van der Waals surface area contributed by atoms with E-state index in [0.717, 1.165) is 5.56 Å². The summed E-state index contributed by atoms with van der Waals surface area (Å²) in [5.74, 6) is 0.800. The standard InChI is InChI=1S/C20H23N3O4/c1-14-2-3-17(27-14)20(25)22-9-6-16-18(13-22)26-11-10-23(19(16)24)12-15-4-7-21-8-5-15/h2-5,7-8,16,18H,6,9-13H2,1H3/t16-,18+/m1/s1. The molecule has 0 unspecified atom stereocenters. The summed E-state index contributed by atoms with van der Waals surface area (Å²) in [6, 6.07) is 7.31. The Bertz CT molecular complexity index is 820. The molecular formula is C20H23N3O4. The van der Waals surface area contributed by atoms with Crippen LogP contribution in [0.25, 0.3) is 0 Å². The van der Waals surface area contributed by atoms with Gasteiger partial charge in [0, 0.05) is 38.6 Å². The molecule has 4 heterocycles. The lowest BCUT2D eigenvalue weighted by Gasteiger charge is -2.36. The SMILES string of the molecule is Cc1ccc(C(=O)N2CC[C@H]3C(=O)N(Cc4ccncc4)CCO[C@H]3C2)o1. The maximum Gasteiger partial charge on any atom is 0.289 e. The Morgan fingerprint density at radius 3 is 2.78 bits per heavy atom. The van der Waals surface area contributed by atoms with Crippen molar-refractivity contribution in [3.05, 3.63) is 53.7 Å². The van der Waals surface area contributed by atoms with E-state index in [-0.39, 0.29) is 23.8 Å². The first-order valence-electron chi connectivity index (χ1n) is 9.27. The molecule has 27 heavy (non-hydrogen) atoms. The zero-order valence-corrected chi connectivity index (χ0v) is 15.3. The van der Waals surface area contributed by atoms with Gasteiger partial charge in [0.1, 0.15) is 5.76 Å². The van der Waals surface area contributed by atoms with Crippen molar-refractivity contribution in [3.63, 3.8) is 0 Å². The summed E-state index contributed by atoms with van der Waals surface area (Å²) >= 11 is 0. The lowest BCUT2D eigenvalue weighted by molar-refractivity contribution is -0.139. The molecule has 7 nitrogen and oxygen atoms in total. The maximum atomic E-state index is 13.0. The fraction of sp³-hybridized carbons (Fsp3) is 0.450. The highest BCUT2D eigenvalue weighted by Gasteiger charge is 2.40. The number of amides is 2. The van der Waals surface area contributed by atoms with Gasteiger partial charge in [-0.05, 0) is 43.2 Å².